The van der Waals surface area contributed by atoms with Gasteiger partial charge in [0.25, 0.3) is 0 Å². The molecule has 0 spiro atoms. The van der Waals surface area contributed by atoms with Gasteiger partial charge in [-0.25, -0.2) is 0 Å². The van der Waals surface area contributed by atoms with Crippen LogP contribution in [0.15, 0.2) is 0 Å². The Hall–Kier alpha value is -0.200. The summed E-state index contributed by atoms with van der Waals surface area (Å²) in [4.78, 5) is 0. The number of nitrogens with two attached hydrogens (primary N) is 2. The molecule has 3 heterocycles. The Balaban J connectivity index is 0.000000309. The highest BCUT2D eigenvalue weighted by Gasteiger charge is 2.56. The van der Waals surface area contributed by atoms with Crippen LogP contribution in [-0.2, 0) is 14.2 Å². The summed E-state index contributed by atoms with van der Waals surface area (Å²) in [7, 11) is 0. The number of ether oxygens (including phenoxy) is 3. The molecule has 5 heteroatoms. The summed E-state index contributed by atoms with van der Waals surface area (Å²) in [6.07, 6.45) is 1.47. The zero-order valence-electron chi connectivity index (χ0n) is 30.6. The summed E-state index contributed by atoms with van der Waals surface area (Å²) in [5.41, 5.74) is 13.9. The molecule has 7 atom stereocenters. The van der Waals surface area contributed by atoms with Crippen molar-refractivity contribution in [1.82, 2.24) is 0 Å². The van der Waals surface area contributed by atoms with Crippen LogP contribution >= 0.6 is 0 Å². The van der Waals surface area contributed by atoms with Gasteiger partial charge in [-0.15, -0.1) is 0 Å². The van der Waals surface area contributed by atoms with E-state index in [1.807, 2.05) is 0 Å². The van der Waals surface area contributed by atoms with Gasteiger partial charge in [-0.1, -0.05) is 111 Å². The molecule has 3 rings (SSSR count). The molecule has 0 bridgehead atoms. The maximum Gasteiger partial charge on any atom is 0.0730 e. The lowest BCUT2D eigenvalue weighted by atomic mass is 9.56. The summed E-state index contributed by atoms with van der Waals surface area (Å²) in [6.45, 7) is 42.2. The topological polar surface area (TPSA) is 79.7 Å². The van der Waals surface area contributed by atoms with Crippen LogP contribution in [0.1, 0.15) is 124 Å². The first-order valence-electron chi connectivity index (χ1n) is 16.8. The van der Waals surface area contributed by atoms with Crippen LogP contribution in [0.5, 0.6) is 0 Å². The maximum absolute atomic E-state index is 6.43. The summed E-state index contributed by atoms with van der Waals surface area (Å²) >= 11 is 0. The van der Waals surface area contributed by atoms with Crippen LogP contribution in [-0.4, -0.2) is 50.7 Å². The van der Waals surface area contributed by atoms with Gasteiger partial charge in [0.05, 0.1) is 32.0 Å². The van der Waals surface area contributed by atoms with Gasteiger partial charge >= 0.3 is 0 Å². The smallest absolute Gasteiger partial charge is 0.0730 e. The molecule has 5 nitrogen and oxygen atoms in total. The normalized spacial score (nSPS) is 35.6. The van der Waals surface area contributed by atoms with E-state index in [9.17, 15) is 0 Å². The molecule has 0 aromatic heterocycles. The lowest BCUT2D eigenvalue weighted by Gasteiger charge is -2.47. The Bertz CT molecular complexity index is 773. The highest BCUT2D eigenvalue weighted by Crippen LogP contribution is 2.54. The Morgan fingerprint density at radius 2 is 1.12 bits per heavy atom. The van der Waals surface area contributed by atoms with Gasteiger partial charge in [0.2, 0.25) is 0 Å². The maximum atomic E-state index is 6.43. The van der Waals surface area contributed by atoms with Crippen molar-refractivity contribution in [1.29, 1.82) is 0 Å². The third-order valence-corrected chi connectivity index (χ3v) is 12.2. The Kier molecular flexibility index (Phi) is 13.5. The van der Waals surface area contributed by atoms with Gasteiger partial charge in [-0.05, 0) is 53.8 Å². The van der Waals surface area contributed by atoms with Gasteiger partial charge in [-0.3, -0.25) is 0 Å². The van der Waals surface area contributed by atoms with E-state index in [1.165, 1.54) is 0 Å². The lowest BCUT2D eigenvalue weighted by Crippen LogP contribution is -2.54. The molecule has 0 radical (unpaired) electrons. The van der Waals surface area contributed by atoms with Crippen molar-refractivity contribution in [2.75, 3.05) is 26.4 Å². The minimum absolute atomic E-state index is 0.119. The Labute approximate surface area is 257 Å². The van der Waals surface area contributed by atoms with E-state index in [2.05, 4.69) is 118 Å². The summed E-state index contributed by atoms with van der Waals surface area (Å²) in [5.74, 6) is 3.13. The summed E-state index contributed by atoms with van der Waals surface area (Å²) in [5, 5.41) is 0. The fraction of sp³-hybridized carbons (Fsp3) is 1.00. The van der Waals surface area contributed by atoms with E-state index in [1.54, 1.807) is 0 Å². The zero-order valence-corrected chi connectivity index (χ0v) is 30.6. The van der Waals surface area contributed by atoms with E-state index >= 15 is 0 Å². The highest BCUT2D eigenvalue weighted by atomic mass is 16.5. The molecule has 0 amide bonds. The first-order chi connectivity index (χ1) is 18.5. The van der Waals surface area contributed by atoms with Gasteiger partial charge in [0.15, 0.2) is 0 Å². The predicted octanol–water partition coefficient (Wildman–Crippen LogP) is 8.18. The second kappa shape index (κ2) is 14.3. The van der Waals surface area contributed by atoms with E-state index in [-0.39, 0.29) is 40.5 Å². The van der Waals surface area contributed by atoms with Crippen molar-refractivity contribution >= 4 is 0 Å². The molecule has 3 aliphatic rings. The van der Waals surface area contributed by atoms with Crippen molar-refractivity contribution in [2.45, 2.75) is 148 Å². The number of hydrogen-bond donors (Lipinski definition) is 2. The molecule has 3 saturated heterocycles. The molecule has 246 valence electrons. The molecule has 3 fully saturated rings. The molecule has 2 unspecified atom stereocenters. The Morgan fingerprint density at radius 1 is 0.659 bits per heavy atom. The van der Waals surface area contributed by atoms with Crippen molar-refractivity contribution in [2.24, 2.45) is 68.1 Å². The molecule has 41 heavy (non-hydrogen) atoms. The lowest BCUT2D eigenvalue weighted by molar-refractivity contribution is -0.00671. The van der Waals surface area contributed by atoms with E-state index < -0.39 is 0 Å². The standard InChI is InChI=1S/C13H27NO.C12H24O.C11H23NO/c1-7-10-11(14)13(8-15-10,9(2)3)12(4,5)6;1-9(2)12(11(4,5)6)8-13-7-10(12)3;1-7(2)11(8(3)4)6-13-9(5)10(11)12/h9-11H,7-8,14H2,1-6H3;9-10H,7-8H2,1-6H3;7-10H,6,12H2,1-5H3/t10-,11+,13?;10-,12?;9-,10+/m010/s1. The van der Waals surface area contributed by atoms with E-state index in [0.717, 1.165) is 32.8 Å². The predicted molar refractivity (Wildman–Crippen MR) is 177 cm³/mol. The molecule has 0 saturated carbocycles. The van der Waals surface area contributed by atoms with Crippen molar-refractivity contribution in [3.8, 4) is 0 Å². The van der Waals surface area contributed by atoms with Crippen LogP contribution in [0.25, 0.3) is 0 Å². The fourth-order valence-electron chi connectivity index (χ4n) is 9.22. The highest BCUT2D eigenvalue weighted by molar-refractivity contribution is 5.06. The monoisotopic (exact) mass is 583 g/mol. The van der Waals surface area contributed by atoms with Crippen molar-refractivity contribution in [3.63, 3.8) is 0 Å². The molecule has 0 aliphatic carbocycles. The second-order valence-corrected chi connectivity index (χ2v) is 17.1. The van der Waals surface area contributed by atoms with Gasteiger partial charge in [0.1, 0.15) is 0 Å². The number of hydrogen-bond acceptors (Lipinski definition) is 5. The number of rotatable bonds is 5. The third-order valence-electron chi connectivity index (χ3n) is 12.2. The quantitative estimate of drug-likeness (QED) is 0.342. The third kappa shape index (κ3) is 7.21. The minimum Gasteiger partial charge on any atom is -0.381 e. The van der Waals surface area contributed by atoms with Crippen molar-refractivity contribution in [3.05, 3.63) is 0 Å². The van der Waals surface area contributed by atoms with Crippen LogP contribution in [0.3, 0.4) is 0 Å². The first-order valence-corrected chi connectivity index (χ1v) is 16.8. The average Bonchev–Trinajstić information content (AvgIpc) is 3.48. The average molecular weight is 583 g/mol. The Morgan fingerprint density at radius 3 is 1.29 bits per heavy atom. The first kappa shape index (κ1) is 38.8. The van der Waals surface area contributed by atoms with Crippen LogP contribution in [0, 0.1) is 56.7 Å². The summed E-state index contributed by atoms with van der Waals surface area (Å²) < 4.78 is 17.2. The molecule has 4 N–H and O–H groups in total. The van der Waals surface area contributed by atoms with E-state index in [4.69, 9.17) is 25.7 Å². The van der Waals surface area contributed by atoms with Gasteiger partial charge < -0.3 is 25.7 Å². The molecular weight excluding hydrogens is 508 g/mol. The zero-order chi connectivity index (χ0) is 32.4. The van der Waals surface area contributed by atoms with Crippen LogP contribution < -0.4 is 11.5 Å². The second-order valence-electron chi connectivity index (χ2n) is 17.1. The molecule has 0 aromatic rings. The van der Waals surface area contributed by atoms with Crippen LogP contribution in [0.4, 0.5) is 0 Å². The van der Waals surface area contributed by atoms with Crippen molar-refractivity contribution < 1.29 is 14.2 Å². The minimum atomic E-state index is 0.119. The molecular formula is C36H74N2O3. The van der Waals surface area contributed by atoms with E-state index in [0.29, 0.717) is 40.4 Å². The SMILES string of the molecule is CC(C)C1(C(C)(C)C)COC[C@H]1C.CC(C)C1(C(C)C)CO[C@@H](C)[C@H]1N.CC[C@@H]1OCC(C(C)C)(C(C)(C)C)[C@@H]1N. The molecule has 0 aromatic carbocycles. The summed E-state index contributed by atoms with van der Waals surface area (Å²) in [6, 6.07) is 0.356. The largest absolute Gasteiger partial charge is 0.381 e. The van der Waals surface area contributed by atoms with Gasteiger partial charge in [0, 0.05) is 34.9 Å². The van der Waals surface area contributed by atoms with Crippen LogP contribution in [0.2, 0.25) is 0 Å². The van der Waals surface area contributed by atoms with Gasteiger partial charge in [-0.2, -0.15) is 0 Å². The fourth-order valence-corrected chi connectivity index (χ4v) is 9.22. The molecule has 3 aliphatic heterocycles.